The van der Waals surface area contributed by atoms with E-state index in [0.29, 0.717) is 0 Å². The van der Waals surface area contributed by atoms with Crippen LogP contribution in [0.25, 0.3) is 0 Å². The van der Waals surface area contributed by atoms with E-state index in [1.807, 2.05) is 0 Å². The molecule has 8 heteroatoms. The number of carboxylic acids is 1. The zero-order valence-electron chi connectivity index (χ0n) is 17.7. The molecule has 27 heavy (non-hydrogen) atoms. The summed E-state index contributed by atoms with van der Waals surface area (Å²) < 4.78 is 15.5. The molecule has 8 nitrogen and oxygen atoms in total. The maximum Gasteiger partial charge on any atom is 0.321 e. The molecule has 0 radical (unpaired) electrons. The van der Waals surface area contributed by atoms with Gasteiger partial charge in [0.05, 0.1) is 12.3 Å². The Hall–Kier alpha value is -2.12. The van der Waals surface area contributed by atoms with Crippen LogP contribution in [-0.2, 0) is 33.4 Å². The average molecular weight is 388 g/mol. The summed E-state index contributed by atoms with van der Waals surface area (Å²) in [5.74, 6) is -7.96. The van der Waals surface area contributed by atoms with Crippen molar-refractivity contribution >= 4 is 23.9 Å². The molecule has 0 heterocycles. The minimum atomic E-state index is -1.90. The van der Waals surface area contributed by atoms with Crippen molar-refractivity contribution in [2.45, 2.75) is 85.5 Å². The smallest absolute Gasteiger partial charge is 0.321 e. The quantitative estimate of drug-likeness (QED) is 0.419. The molecular weight excluding hydrogens is 356 g/mol. The molecule has 1 N–H and O–H groups in total. The SMILES string of the molecule is CC(C)(C)OC(=O)CC(C(=O)OC(C)(C)C)C(C(=O)O)C(=O)OC(C)(C)C. The lowest BCUT2D eigenvalue weighted by molar-refractivity contribution is -0.181. The minimum Gasteiger partial charge on any atom is -0.481 e. The number of hydrogen-bond donors (Lipinski definition) is 1. The number of esters is 3. The van der Waals surface area contributed by atoms with Crippen LogP contribution in [0.2, 0.25) is 0 Å². The summed E-state index contributed by atoms with van der Waals surface area (Å²) >= 11 is 0. The predicted octanol–water partition coefficient (Wildman–Crippen LogP) is 2.72. The molecule has 0 aliphatic rings. The fraction of sp³-hybridized carbons (Fsp3) is 0.789. The van der Waals surface area contributed by atoms with Crippen molar-refractivity contribution in [2.24, 2.45) is 11.8 Å². The molecule has 0 saturated heterocycles. The summed E-state index contributed by atoms with van der Waals surface area (Å²) in [6.45, 7) is 14.4. The Morgan fingerprint density at radius 3 is 1.41 bits per heavy atom. The number of hydrogen-bond acceptors (Lipinski definition) is 7. The Bertz CT molecular complexity index is 572. The van der Waals surface area contributed by atoms with Gasteiger partial charge in [0.15, 0.2) is 5.92 Å². The van der Waals surface area contributed by atoms with Gasteiger partial charge in [0.2, 0.25) is 0 Å². The summed E-state index contributed by atoms with van der Waals surface area (Å²) in [5.41, 5.74) is -2.73. The van der Waals surface area contributed by atoms with Crippen molar-refractivity contribution in [3.05, 3.63) is 0 Å². The van der Waals surface area contributed by atoms with Gasteiger partial charge in [-0.3, -0.25) is 19.2 Å². The van der Waals surface area contributed by atoms with Crippen LogP contribution < -0.4 is 0 Å². The first-order valence-corrected chi connectivity index (χ1v) is 8.73. The number of carbonyl (C=O) groups is 4. The highest BCUT2D eigenvalue weighted by atomic mass is 16.6. The second-order valence-corrected chi connectivity index (χ2v) is 9.28. The van der Waals surface area contributed by atoms with Crippen molar-refractivity contribution in [1.29, 1.82) is 0 Å². The highest BCUT2D eigenvalue weighted by molar-refractivity contribution is 5.99. The zero-order chi connectivity index (χ0) is 21.8. The maximum atomic E-state index is 12.6. The lowest BCUT2D eigenvalue weighted by atomic mass is 9.88. The highest BCUT2D eigenvalue weighted by Gasteiger charge is 2.45. The Labute approximate surface area is 160 Å². The number of aliphatic carboxylic acids is 1. The van der Waals surface area contributed by atoms with Gasteiger partial charge >= 0.3 is 23.9 Å². The maximum absolute atomic E-state index is 12.6. The summed E-state index contributed by atoms with van der Waals surface area (Å²) in [6.07, 6.45) is -0.623. The van der Waals surface area contributed by atoms with Crippen LogP contribution in [0.4, 0.5) is 0 Å². The van der Waals surface area contributed by atoms with E-state index in [1.165, 1.54) is 0 Å². The van der Waals surface area contributed by atoms with Gasteiger partial charge < -0.3 is 19.3 Å². The van der Waals surface area contributed by atoms with Gasteiger partial charge in [0.25, 0.3) is 0 Å². The summed E-state index contributed by atoms with van der Waals surface area (Å²) in [6, 6.07) is 0. The Kier molecular flexibility index (Phi) is 8.03. The van der Waals surface area contributed by atoms with Crippen LogP contribution in [-0.4, -0.2) is 45.8 Å². The third kappa shape index (κ3) is 10.6. The normalized spacial score (nSPS) is 14.7. The fourth-order valence-corrected chi connectivity index (χ4v) is 2.08. The Morgan fingerprint density at radius 1 is 0.704 bits per heavy atom. The molecule has 0 aliphatic carbocycles. The molecular formula is C19H32O8. The van der Waals surface area contributed by atoms with E-state index < -0.39 is 58.9 Å². The summed E-state index contributed by atoms with van der Waals surface area (Å²) in [7, 11) is 0. The third-order valence-electron chi connectivity index (χ3n) is 2.85. The lowest BCUT2D eigenvalue weighted by Crippen LogP contribution is -2.43. The molecule has 0 aromatic rings. The van der Waals surface area contributed by atoms with Crippen molar-refractivity contribution in [3.63, 3.8) is 0 Å². The van der Waals surface area contributed by atoms with Crippen LogP contribution in [0.3, 0.4) is 0 Å². The first-order valence-electron chi connectivity index (χ1n) is 8.73. The van der Waals surface area contributed by atoms with Crippen molar-refractivity contribution < 1.29 is 38.5 Å². The molecule has 0 amide bonds. The van der Waals surface area contributed by atoms with Crippen LogP contribution in [0, 0.1) is 11.8 Å². The second-order valence-electron chi connectivity index (χ2n) is 9.28. The standard InChI is InChI=1S/C19H32O8/c1-17(2,3)25-12(20)10-11(15(23)26-18(4,5)6)13(14(21)22)16(24)27-19(7,8)9/h11,13H,10H2,1-9H3,(H,21,22). The number of carboxylic acid groups (broad SMARTS) is 1. The lowest BCUT2D eigenvalue weighted by Gasteiger charge is -2.29. The van der Waals surface area contributed by atoms with Crippen LogP contribution in [0.1, 0.15) is 68.7 Å². The molecule has 2 atom stereocenters. The number of carbonyl (C=O) groups excluding carboxylic acids is 3. The molecule has 0 fully saturated rings. The van der Waals surface area contributed by atoms with Gasteiger partial charge in [-0.2, -0.15) is 0 Å². The van der Waals surface area contributed by atoms with Gasteiger partial charge in [-0.25, -0.2) is 0 Å². The third-order valence-corrected chi connectivity index (χ3v) is 2.85. The van der Waals surface area contributed by atoms with E-state index in [1.54, 1.807) is 62.3 Å². The van der Waals surface area contributed by atoms with E-state index in [9.17, 15) is 24.3 Å². The molecule has 156 valence electrons. The number of rotatable bonds is 6. The molecule has 0 bridgehead atoms. The molecule has 0 spiro atoms. The monoisotopic (exact) mass is 388 g/mol. The average Bonchev–Trinajstić information content (AvgIpc) is 2.30. The molecule has 0 aromatic carbocycles. The van der Waals surface area contributed by atoms with Gasteiger partial charge in [-0.1, -0.05) is 0 Å². The van der Waals surface area contributed by atoms with Gasteiger partial charge in [0.1, 0.15) is 16.8 Å². The second kappa shape index (κ2) is 8.71. The van der Waals surface area contributed by atoms with E-state index >= 15 is 0 Å². The van der Waals surface area contributed by atoms with Crippen LogP contribution in [0.5, 0.6) is 0 Å². The summed E-state index contributed by atoms with van der Waals surface area (Å²) in [5, 5.41) is 9.54. The minimum absolute atomic E-state index is 0.623. The zero-order valence-corrected chi connectivity index (χ0v) is 17.7. The molecule has 0 aliphatic heterocycles. The number of ether oxygens (including phenoxy) is 3. The van der Waals surface area contributed by atoms with E-state index in [0.717, 1.165) is 0 Å². The first-order chi connectivity index (χ1) is 11.8. The summed E-state index contributed by atoms with van der Waals surface area (Å²) in [4.78, 5) is 48.9. The van der Waals surface area contributed by atoms with E-state index in [4.69, 9.17) is 14.2 Å². The van der Waals surface area contributed by atoms with Crippen molar-refractivity contribution in [2.75, 3.05) is 0 Å². The topological polar surface area (TPSA) is 116 Å². The van der Waals surface area contributed by atoms with E-state index in [2.05, 4.69) is 0 Å². The molecule has 0 aromatic heterocycles. The predicted molar refractivity (Wildman–Crippen MR) is 96.8 cm³/mol. The van der Waals surface area contributed by atoms with Crippen molar-refractivity contribution in [3.8, 4) is 0 Å². The van der Waals surface area contributed by atoms with E-state index in [-0.39, 0.29) is 0 Å². The molecule has 2 unspecified atom stereocenters. The van der Waals surface area contributed by atoms with Gasteiger partial charge in [-0.05, 0) is 62.3 Å². The molecule has 0 rings (SSSR count). The Balaban J connectivity index is 5.81. The fourth-order valence-electron chi connectivity index (χ4n) is 2.08. The Morgan fingerprint density at radius 2 is 1.07 bits per heavy atom. The van der Waals surface area contributed by atoms with Crippen molar-refractivity contribution in [1.82, 2.24) is 0 Å². The van der Waals surface area contributed by atoms with Crippen LogP contribution >= 0.6 is 0 Å². The van der Waals surface area contributed by atoms with Crippen LogP contribution in [0.15, 0.2) is 0 Å². The largest absolute Gasteiger partial charge is 0.481 e. The van der Waals surface area contributed by atoms with Gasteiger partial charge in [-0.15, -0.1) is 0 Å². The highest BCUT2D eigenvalue weighted by Crippen LogP contribution is 2.26. The van der Waals surface area contributed by atoms with Gasteiger partial charge in [0, 0.05) is 0 Å². The first kappa shape index (κ1) is 24.9. The molecule has 0 saturated carbocycles.